The Morgan fingerprint density at radius 2 is 1.87 bits per heavy atom. The van der Waals surface area contributed by atoms with E-state index in [1.165, 1.54) is 0 Å². The molecule has 2 aromatic carbocycles. The number of hydrogen-bond donors (Lipinski definition) is 0. The molecule has 3 aromatic rings. The van der Waals surface area contributed by atoms with E-state index in [0.29, 0.717) is 12.1 Å². The van der Waals surface area contributed by atoms with Crippen molar-refractivity contribution in [3.8, 4) is 11.8 Å². The number of rotatable bonds is 6. The summed E-state index contributed by atoms with van der Waals surface area (Å²) in [5.41, 5.74) is 2.76. The van der Waals surface area contributed by atoms with E-state index >= 15 is 0 Å². The molecule has 0 bridgehead atoms. The fourth-order valence-electron chi connectivity index (χ4n) is 3.81. The first kappa shape index (κ1) is 20.0. The Bertz CT molecular complexity index is 1020. The summed E-state index contributed by atoms with van der Waals surface area (Å²) < 4.78 is 7.10. The van der Waals surface area contributed by atoms with Crippen molar-refractivity contribution in [2.45, 2.75) is 12.6 Å². The van der Waals surface area contributed by atoms with Crippen LogP contribution in [0.2, 0.25) is 0 Å². The van der Waals surface area contributed by atoms with Crippen LogP contribution < -0.4 is 4.74 Å². The average Bonchev–Trinajstić information content (AvgIpc) is 3.23. The fraction of sp³-hybridized carbons (Fsp3) is 0.364. The molecule has 0 amide bonds. The van der Waals surface area contributed by atoms with Crippen molar-refractivity contribution in [2.75, 3.05) is 40.3 Å². The van der Waals surface area contributed by atoms with Crippen LogP contribution in [0.25, 0.3) is 0 Å². The average molecular weight is 403 g/mol. The normalized spacial score (nSPS) is 16.2. The molecule has 1 aromatic heterocycles. The smallest absolute Gasteiger partial charge is 0.173 e. The topological polar surface area (TPSA) is 83.1 Å². The van der Waals surface area contributed by atoms with Gasteiger partial charge in [-0.1, -0.05) is 24.3 Å². The molecular weight excluding hydrogens is 378 g/mol. The Morgan fingerprint density at radius 3 is 2.57 bits per heavy atom. The SMILES string of the molecule is COc1ccc(Cn2nnnc2C(c2cccc(C#N)c2)N2CCN(C)CC2)cc1. The van der Waals surface area contributed by atoms with E-state index in [0.717, 1.165) is 48.9 Å². The van der Waals surface area contributed by atoms with Crippen molar-refractivity contribution in [1.29, 1.82) is 5.26 Å². The number of nitrogens with zero attached hydrogens (tertiary/aromatic N) is 7. The van der Waals surface area contributed by atoms with Gasteiger partial charge in [0.25, 0.3) is 0 Å². The fourth-order valence-corrected chi connectivity index (χ4v) is 3.81. The third kappa shape index (κ3) is 4.32. The summed E-state index contributed by atoms with van der Waals surface area (Å²) in [5, 5.41) is 22.1. The maximum absolute atomic E-state index is 9.39. The summed E-state index contributed by atoms with van der Waals surface area (Å²) >= 11 is 0. The van der Waals surface area contributed by atoms with E-state index in [4.69, 9.17) is 4.74 Å². The minimum Gasteiger partial charge on any atom is -0.497 e. The highest BCUT2D eigenvalue weighted by Gasteiger charge is 2.30. The Kier molecular flexibility index (Phi) is 6.02. The quantitative estimate of drug-likeness (QED) is 0.622. The van der Waals surface area contributed by atoms with Gasteiger partial charge in [0.1, 0.15) is 5.75 Å². The Balaban J connectivity index is 1.68. The van der Waals surface area contributed by atoms with Gasteiger partial charge in [0.15, 0.2) is 5.82 Å². The summed E-state index contributed by atoms with van der Waals surface area (Å²) in [4.78, 5) is 4.71. The molecule has 0 spiro atoms. The lowest BCUT2D eigenvalue weighted by atomic mass is 10.0. The second-order valence-corrected chi connectivity index (χ2v) is 7.52. The zero-order valence-corrected chi connectivity index (χ0v) is 17.3. The second kappa shape index (κ2) is 9.03. The number of aromatic nitrogens is 4. The standard InChI is InChI=1S/C22H25N7O/c1-27-10-12-28(13-11-27)21(19-5-3-4-18(14-19)15-23)22-24-25-26-29(22)16-17-6-8-20(30-2)9-7-17/h3-9,14,21H,10-13,16H2,1-2H3. The van der Waals surface area contributed by atoms with Crippen LogP contribution in [-0.2, 0) is 6.54 Å². The predicted molar refractivity (Wildman–Crippen MR) is 112 cm³/mol. The van der Waals surface area contributed by atoms with E-state index < -0.39 is 0 Å². The zero-order chi connectivity index (χ0) is 20.9. The van der Waals surface area contributed by atoms with Crippen LogP contribution in [0.4, 0.5) is 0 Å². The van der Waals surface area contributed by atoms with Crippen molar-refractivity contribution in [2.24, 2.45) is 0 Å². The van der Waals surface area contributed by atoms with Crippen LogP contribution in [0.15, 0.2) is 48.5 Å². The van der Waals surface area contributed by atoms with Crippen LogP contribution >= 0.6 is 0 Å². The van der Waals surface area contributed by atoms with Gasteiger partial charge in [-0.05, 0) is 52.9 Å². The first-order valence-corrected chi connectivity index (χ1v) is 9.99. The Morgan fingerprint density at radius 1 is 1.10 bits per heavy atom. The summed E-state index contributed by atoms with van der Waals surface area (Å²) in [5.74, 6) is 1.60. The zero-order valence-electron chi connectivity index (χ0n) is 17.3. The number of ether oxygens (including phenoxy) is 1. The number of methoxy groups -OCH3 is 1. The van der Waals surface area contributed by atoms with Gasteiger partial charge in [0.05, 0.1) is 31.3 Å². The molecule has 1 unspecified atom stereocenters. The molecule has 1 atom stereocenters. The molecule has 0 N–H and O–H groups in total. The van der Waals surface area contributed by atoms with E-state index in [1.807, 2.05) is 47.1 Å². The lowest BCUT2D eigenvalue weighted by Crippen LogP contribution is -2.46. The van der Waals surface area contributed by atoms with Gasteiger partial charge >= 0.3 is 0 Å². The number of likely N-dealkylation sites (N-methyl/N-ethyl adjacent to an activating group) is 1. The van der Waals surface area contributed by atoms with Gasteiger partial charge < -0.3 is 9.64 Å². The molecule has 1 aliphatic rings. The summed E-state index contributed by atoms with van der Waals surface area (Å²) in [6.45, 7) is 4.35. The van der Waals surface area contributed by atoms with Crippen LogP contribution in [0.3, 0.4) is 0 Å². The molecule has 0 aliphatic carbocycles. The highest BCUT2D eigenvalue weighted by atomic mass is 16.5. The van der Waals surface area contributed by atoms with Crippen LogP contribution in [-0.4, -0.2) is 70.3 Å². The molecule has 1 aliphatic heterocycles. The molecule has 154 valence electrons. The van der Waals surface area contributed by atoms with E-state index in [2.05, 4.69) is 44.5 Å². The summed E-state index contributed by atoms with van der Waals surface area (Å²) in [7, 11) is 3.79. The molecular formula is C22H25N7O. The molecule has 0 saturated carbocycles. The van der Waals surface area contributed by atoms with Crippen LogP contribution in [0.5, 0.6) is 5.75 Å². The third-order valence-electron chi connectivity index (χ3n) is 5.53. The van der Waals surface area contributed by atoms with Crippen molar-refractivity contribution in [1.82, 2.24) is 30.0 Å². The monoisotopic (exact) mass is 403 g/mol. The van der Waals surface area contributed by atoms with Gasteiger partial charge in [-0.25, -0.2) is 4.68 Å². The van der Waals surface area contributed by atoms with E-state index in [-0.39, 0.29) is 6.04 Å². The maximum Gasteiger partial charge on any atom is 0.173 e. The summed E-state index contributed by atoms with van der Waals surface area (Å²) in [6, 6.07) is 17.8. The highest BCUT2D eigenvalue weighted by molar-refractivity contribution is 5.36. The predicted octanol–water partition coefficient (Wildman–Crippen LogP) is 1.94. The van der Waals surface area contributed by atoms with Crippen LogP contribution in [0, 0.1) is 11.3 Å². The van der Waals surface area contributed by atoms with Gasteiger partial charge in [0.2, 0.25) is 0 Å². The van der Waals surface area contributed by atoms with Crippen molar-refractivity contribution in [3.63, 3.8) is 0 Å². The van der Waals surface area contributed by atoms with Gasteiger partial charge in [-0.15, -0.1) is 5.10 Å². The minimum atomic E-state index is -0.111. The molecule has 0 radical (unpaired) electrons. The molecule has 2 heterocycles. The lowest BCUT2D eigenvalue weighted by molar-refractivity contribution is 0.121. The van der Waals surface area contributed by atoms with Crippen molar-refractivity contribution < 1.29 is 4.74 Å². The number of benzene rings is 2. The Labute approximate surface area is 176 Å². The van der Waals surface area contributed by atoms with Gasteiger partial charge in [0, 0.05) is 26.2 Å². The largest absolute Gasteiger partial charge is 0.497 e. The maximum atomic E-state index is 9.39. The van der Waals surface area contributed by atoms with E-state index in [1.54, 1.807) is 7.11 Å². The van der Waals surface area contributed by atoms with E-state index in [9.17, 15) is 5.26 Å². The number of nitriles is 1. The first-order valence-electron chi connectivity index (χ1n) is 9.99. The van der Waals surface area contributed by atoms with Crippen molar-refractivity contribution >= 4 is 0 Å². The molecule has 30 heavy (non-hydrogen) atoms. The highest BCUT2D eigenvalue weighted by Crippen LogP contribution is 2.29. The van der Waals surface area contributed by atoms with Gasteiger partial charge in [-0.2, -0.15) is 5.26 Å². The molecule has 4 rings (SSSR count). The number of hydrogen-bond acceptors (Lipinski definition) is 7. The second-order valence-electron chi connectivity index (χ2n) is 7.52. The van der Waals surface area contributed by atoms with Crippen molar-refractivity contribution in [3.05, 3.63) is 71.0 Å². The lowest BCUT2D eigenvalue weighted by Gasteiger charge is -2.37. The molecule has 8 nitrogen and oxygen atoms in total. The third-order valence-corrected chi connectivity index (χ3v) is 5.53. The van der Waals surface area contributed by atoms with Crippen LogP contribution in [0.1, 0.15) is 28.6 Å². The minimum absolute atomic E-state index is 0.111. The molecule has 8 heteroatoms. The van der Waals surface area contributed by atoms with Gasteiger partial charge in [-0.3, -0.25) is 4.90 Å². The number of piperazine rings is 1. The number of tetrazole rings is 1. The molecule has 1 saturated heterocycles. The molecule has 1 fully saturated rings. The Hall–Kier alpha value is -3.28. The first-order chi connectivity index (χ1) is 14.7. The summed E-state index contributed by atoms with van der Waals surface area (Å²) in [6.07, 6.45) is 0.